The predicted molar refractivity (Wildman–Crippen MR) is 116 cm³/mol. The number of rotatable bonds is 5. The fourth-order valence-corrected chi connectivity index (χ4v) is 9.01. The molecule has 0 unspecified atom stereocenters. The van der Waals surface area contributed by atoms with Crippen molar-refractivity contribution in [3.8, 4) is 0 Å². The third-order valence-electron chi connectivity index (χ3n) is 10.1. The van der Waals surface area contributed by atoms with E-state index in [1.54, 1.807) is 7.11 Å². The fraction of sp³-hybridized carbons (Fsp3) is 0.880. The second kappa shape index (κ2) is 7.72. The van der Waals surface area contributed by atoms with E-state index < -0.39 is 52.1 Å². The van der Waals surface area contributed by atoms with Gasteiger partial charge in [0.15, 0.2) is 0 Å². The summed E-state index contributed by atoms with van der Waals surface area (Å²) in [6.45, 7) is 5.04. The highest BCUT2D eigenvalue weighted by Crippen LogP contribution is 2.77. The molecule has 34 heavy (non-hydrogen) atoms. The van der Waals surface area contributed by atoms with Crippen LogP contribution < -0.4 is 0 Å². The highest BCUT2D eigenvalue weighted by Gasteiger charge is 2.85. The van der Waals surface area contributed by atoms with Crippen LogP contribution in [0.5, 0.6) is 0 Å². The van der Waals surface area contributed by atoms with E-state index in [1.165, 1.54) is 13.8 Å². The number of ketones is 1. The van der Waals surface area contributed by atoms with E-state index in [4.69, 9.17) is 18.9 Å². The second-order valence-electron chi connectivity index (χ2n) is 11.6. The molecule has 9 heteroatoms. The zero-order valence-corrected chi connectivity index (χ0v) is 20.4. The standard InChI is InChI=1S/C25H36O9/c1-13(26)32-11-22(3)8-7-18(34-14(2)27)23-12-33-25(30,21(29)19(22)23)24-9-15(5-6-17(23)24)16(10-31-4)20(24)28/h15-19,21,29-30H,5-12H2,1-4H3/t15-,16-,17+,18+,19-,21+,22+,23-,24+,25+/m1/s1. The summed E-state index contributed by atoms with van der Waals surface area (Å²) in [6.07, 6.45) is 0.912. The van der Waals surface area contributed by atoms with Crippen molar-refractivity contribution >= 4 is 17.7 Å². The number of carbonyl (C=O) groups is 3. The molecule has 2 aliphatic heterocycles. The molecular formula is C25H36O9. The van der Waals surface area contributed by atoms with E-state index in [2.05, 4.69) is 0 Å². The summed E-state index contributed by atoms with van der Waals surface area (Å²) in [5.74, 6) is -4.27. The normalized spacial score (nSPS) is 50.9. The van der Waals surface area contributed by atoms with E-state index in [9.17, 15) is 24.6 Å². The smallest absolute Gasteiger partial charge is 0.302 e. The third-order valence-corrected chi connectivity index (χ3v) is 10.1. The molecule has 4 saturated carbocycles. The van der Waals surface area contributed by atoms with Crippen molar-refractivity contribution in [2.24, 2.45) is 39.9 Å². The van der Waals surface area contributed by atoms with Gasteiger partial charge in [0.1, 0.15) is 18.0 Å². The Hall–Kier alpha value is -1.55. The Bertz CT molecular complexity index is 905. The van der Waals surface area contributed by atoms with Gasteiger partial charge in [-0.1, -0.05) is 6.92 Å². The van der Waals surface area contributed by atoms with Crippen molar-refractivity contribution in [1.29, 1.82) is 0 Å². The van der Waals surface area contributed by atoms with Gasteiger partial charge < -0.3 is 29.2 Å². The average Bonchev–Trinajstić information content (AvgIpc) is 2.98. The number of ether oxygens (including phenoxy) is 4. The molecule has 2 heterocycles. The Morgan fingerprint density at radius 1 is 1.18 bits per heavy atom. The van der Waals surface area contributed by atoms with Crippen LogP contribution in [-0.4, -0.2) is 72.9 Å². The van der Waals surface area contributed by atoms with Gasteiger partial charge in [0.25, 0.3) is 0 Å². The van der Waals surface area contributed by atoms with Crippen LogP contribution in [0.15, 0.2) is 0 Å². The fourth-order valence-electron chi connectivity index (χ4n) is 9.01. The first-order valence-corrected chi connectivity index (χ1v) is 12.4. The van der Waals surface area contributed by atoms with Crippen molar-refractivity contribution < 1.29 is 43.5 Å². The molecule has 0 amide bonds. The predicted octanol–water partition coefficient (Wildman–Crippen LogP) is 1.23. The van der Waals surface area contributed by atoms with Crippen LogP contribution in [-0.2, 0) is 33.3 Å². The first kappa shape index (κ1) is 24.2. The summed E-state index contributed by atoms with van der Waals surface area (Å²) in [6, 6.07) is 0. The van der Waals surface area contributed by atoms with Gasteiger partial charge >= 0.3 is 11.9 Å². The topological polar surface area (TPSA) is 129 Å². The highest BCUT2D eigenvalue weighted by molar-refractivity contribution is 5.92. The maximum atomic E-state index is 14.0. The Morgan fingerprint density at radius 2 is 1.91 bits per heavy atom. The van der Waals surface area contributed by atoms with E-state index in [-0.39, 0.29) is 43.4 Å². The van der Waals surface area contributed by atoms with Crippen molar-refractivity contribution in [2.75, 3.05) is 26.9 Å². The van der Waals surface area contributed by atoms with Crippen molar-refractivity contribution in [3.05, 3.63) is 0 Å². The molecule has 190 valence electrons. The Kier molecular flexibility index (Phi) is 5.49. The van der Waals surface area contributed by atoms with Crippen LogP contribution in [0.1, 0.15) is 52.9 Å². The summed E-state index contributed by atoms with van der Waals surface area (Å²) in [5.41, 5.74) is -2.86. The van der Waals surface area contributed by atoms with Crippen LogP contribution in [0.3, 0.4) is 0 Å². The quantitative estimate of drug-likeness (QED) is 0.558. The molecular weight excluding hydrogens is 444 g/mol. The molecule has 6 rings (SSSR count). The number of Topliss-reactive ketones (excluding diaryl/α,β-unsaturated/α-hetero) is 1. The maximum absolute atomic E-state index is 14.0. The van der Waals surface area contributed by atoms with Gasteiger partial charge in [0.2, 0.25) is 5.79 Å². The molecule has 6 aliphatic rings. The number of esters is 2. The number of hydrogen-bond acceptors (Lipinski definition) is 9. The summed E-state index contributed by atoms with van der Waals surface area (Å²) < 4.78 is 22.8. The van der Waals surface area contributed by atoms with Gasteiger partial charge in [-0.3, -0.25) is 14.4 Å². The molecule has 6 fully saturated rings. The number of hydrogen-bond donors (Lipinski definition) is 2. The zero-order chi connectivity index (χ0) is 24.7. The Labute approximate surface area is 199 Å². The van der Waals surface area contributed by atoms with E-state index >= 15 is 0 Å². The molecule has 0 aromatic heterocycles. The summed E-state index contributed by atoms with van der Waals surface area (Å²) in [5, 5.41) is 23.9. The maximum Gasteiger partial charge on any atom is 0.302 e. The highest BCUT2D eigenvalue weighted by atomic mass is 16.6. The summed E-state index contributed by atoms with van der Waals surface area (Å²) >= 11 is 0. The van der Waals surface area contributed by atoms with Crippen LogP contribution in [0.2, 0.25) is 0 Å². The van der Waals surface area contributed by atoms with Crippen molar-refractivity contribution in [1.82, 2.24) is 0 Å². The van der Waals surface area contributed by atoms with Crippen molar-refractivity contribution in [2.45, 2.75) is 70.9 Å². The van der Waals surface area contributed by atoms with Crippen LogP contribution in [0, 0.1) is 39.9 Å². The monoisotopic (exact) mass is 480 g/mol. The van der Waals surface area contributed by atoms with Gasteiger partial charge in [0, 0.05) is 43.6 Å². The minimum atomic E-state index is -2.06. The average molecular weight is 481 g/mol. The number of carbonyl (C=O) groups excluding carboxylic acids is 3. The summed E-state index contributed by atoms with van der Waals surface area (Å²) in [7, 11) is 1.56. The molecule has 0 radical (unpaired) electrons. The van der Waals surface area contributed by atoms with E-state index in [0.717, 1.165) is 6.42 Å². The van der Waals surface area contributed by atoms with Crippen LogP contribution in [0.25, 0.3) is 0 Å². The molecule has 2 spiro atoms. The molecule has 2 N–H and O–H groups in total. The summed E-state index contributed by atoms with van der Waals surface area (Å²) in [4.78, 5) is 37.9. The van der Waals surface area contributed by atoms with E-state index in [0.29, 0.717) is 25.7 Å². The number of fused-ring (bicyclic) bond motifs is 2. The molecule has 0 aromatic carbocycles. The van der Waals surface area contributed by atoms with Crippen LogP contribution in [0.4, 0.5) is 0 Å². The lowest BCUT2D eigenvalue weighted by Crippen LogP contribution is -2.84. The van der Waals surface area contributed by atoms with Crippen LogP contribution >= 0.6 is 0 Å². The van der Waals surface area contributed by atoms with Crippen molar-refractivity contribution in [3.63, 3.8) is 0 Å². The number of aliphatic hydroxyl groups excluding tert-OH is 1. The Morgan fingerprint density at radius 3 is 2.56 bits per heavy atom. The van der Waals surface area contributed by atoms with Gasteiger partial charge in [0.05, 0.1) is 25.2 Å². The Balaban J connectivity index is 1.67. The lowest BCUT2D eigenvalue weighted by molar-refractivity contribution is -0.450. The van der Waals surface area contributed by atoms with Gasteiger partial charge in [-0.25, -0.2) is 0 Å². The molecule has 2 saturated heterocycles. The molecule has 10 atom stereocenters. The van der Waals surface area contributed by atoms with Gasteiger partial charge in [-0.15, -0.1) is 0 Å². The second-order valence-corrected chi connectivity index (χ2v) is 11.6. The van der Waals surface area contributed by atoms with Gasteiger partial charge in [-0.05, 0) is 43.9 Å². The van der Waals surface area contributed by atoms with E-state index in [1.807, 2.05) is 6.92 Å². The molecule has 9 nitrogen and oxygen atoms in total. The lowest BCUT2D eigenvalue weighted by atomic mass is 9.36. The first-order chi connectivity index (χ1) is 16.0. The number of methoxy groups -OCH3 is 1. The first-order valence-electron chi connectivity index (χ1n) is 12.4. The minimum absolute atomic E-state index is 0.0425. The molecule has 4 aliphatic carbocycles. The molecule has 0 aromatic rings. The molecule has 4 bridgehead atoms. The SMILES string of the molecule is COC[C@H]1C(=O)[C@]23C[C@H]1CC[C@H]2[C@@]12CO[C@@]3(O)[C@@H](O)[C@@H]1[C@](C)(COC(C)=O)CC[C@@H]2OC(C)=O. The lowest BCUT2D eigenvalue weighted by Gasteiger charge is -2.74. The van der Waals surface area contributed by atoms with Gasteiger partial charge in [-0.2, -0.15) is 0 Å². The largest absolute Gasteiger partial charge is 0.465 e. The minimum Gasteiger partial charge on any atom is -0.465 e. The number of aliphatic hydroxyl groups is 2. The third kappa shape index (κ3) is 2.78. The zero-order valence-electron chi connectivity index (χ0n) is 20.4.